The number of carbonyl (C=O) groups excluding carboxylic acids is 1. The maximum absolute atomic E-state index is 11.6. The summed E-state index contributed by atoms with van der Waals surface area (Å²) >= 11 is 0. The number of nitrogens with one attached hydrogen (secondary N) is 1. The minimum absolute atomic E-state index is 0.00426. The third-order valence-electron chi connectivity index (χ3n) is 3.28. The smallest absolute Gasteiger partial charge is 0.236 e. The summed E-state index contributed by atoms with van der Waals surface area (Å²) in [6.45, 7) is 4.49. The van der Waals surface area contributed by atoms with Gasteiger partial charge in [-0.3, -0.25) is 4.79 Å². The van der Waals surface area contributed by atoms with E-state index in [0.717, 1.165) is 6.42 Å². The molecule has 0 aromatic heterocycles. The molecule has 5 nitrogen and oxygen atoms in total. The quantitative estimate of drug-likeness (QED) is 0.758. The van der Waals surface area contributed by atoms with Crippen molar-refractivity contribution < 1.29 is 13.2 Å². The number of rotatable bonds is 5. The fourth-order valence-corrected chi connectivity index (χ4v) is 3.64. The van der Waals surface area contributed by atoms with Crippen molar-refractivity contribution in [3.63, 3.8) is 0 Å². The van der Waals surface area contributed by atoms with Gasteiger partial charge in [0.05, 0.1) is 17.5 Å². The highest BCUT2D eigenvalue weighted by Crippen LogP contribution is 2.18. The standard InChI is InChI=1S/C11H22N2O3S/c1-9(2)13(3)11(14)8-12-7-10-5-4-6-17(10,15)16/h9-10,12H,4-8H2,1-3H3. The number of likely N-dealkylation sites (N-methyl/N-ethyl adjacent to an activating group) is 1. The van der Waals surface area contributed by atoms with Crippen LogP contribution in [0, 0.1) is 0 Å². The molecule has 1 heterocycles. The maximum Gasteiger partial charge on any atom is 0.236 e. The molecule has 1 aliphatic heterocycles. The maximum atomic E-state index is 11.6. The highest BCUT2D eigenvalue weighted by molar-refractivity contribution is 7.92. The Morgan fingerprint density at radius 2 is 2.12 bits per heavy atom. The second kappa shape index (κ2) is 5.82. The SMILES string of the molecule is CC(C)N(C)C(=O)CNCC1CCCS1(=O)=O. The summed E-state index contributed by atoms with van der Waals surface area (Å²) in [4.78, 5) is 13.3. The van der Waals surface area contributed by atoms with Gasteiger partial charge in [-0.15, -0.1) is 0 Å². The molecule has 0 radical (unpaired) electrons. The van der Waals surface area contributed by atoms with Crippen molar-refractivity contribution in [2.45, 2.75) is 38.0 Å². The lowest BCUT2D eigenvalue weighted by atomic mass is 10.2. The molecule has 0 aromatic carbocycles. The van der Waals surface area contributed by atoms with Crippen LogP contribution < -0.4 is 5.32 Å². The number of carbonyl (C=O) groups is 1. The first kappa shape index (κ1) is 14.4. The zero-order valence-corrected chi connectivity index (χ0v) is 11.6. The van der Waals surface area contributed by atoms with E-state index in [9.17, 15) is 13.2 Å². The predicted molar refractivity (Wildman–Crippen MR) is 67.6 cm³/mol. The Kier molecular flexibility index (Phi) is 4.94. The third kappa shape index (κ3) is 3.96. The number of sulfone groups is 1. The zero-order chi connectivity index (χ0) is 13.1. The van der Waals surface area contributed by atoms with Gasteiger partial charge in [-0.1, -0.05) is 0 Å². The Morgan fingerprint density at radius 3 is 2.59 bits per heavy atom. The second-order valence-corrected chi connectivity index (χ2v) is 7.26. The van der Waals surface area contributed by atoms with E-state index >= 15 is 0 Å². The summed E-state index contributed by atoms with van der Waals surface area (Å²) in [7, 11) is -1.16. The Morgan fingerprint density at radius 1 is 1.47 bits per heavy atom. The van der Waals surface area contributed by atoms with E-state index in [4.69, 9.17) is 0 Å². The predicted octanol–water partition coefficient (Wildman–Crippen LogP) is 0.0200. The van der Waals surface area contributed by atoms with Crippen molar-refractivity contribution in [2.75, 3.05) is 25.9 Å². The Labute approximate surface area is 103 Å². The van der Waals surface area contributed by atoms with Crippen LogP contribution in [0.4, 0.5) is 0 Å². The zero-order valence-electron chi connectivity index (χ0n) is 10.8. The molecule has 0 spiro atoms. The topological polar surface area (TPSA) is 66.5 Å². The minimum atomic E-state index is -2.91. The van der Waals surface area contributed by atoms with Crippen LogP contribution in [0.25, 0.3) is 0 Å². The number of hydrogen-bond acceptors (Lipinski definition) is 4. The third-order valence-corrected chi connectivity index (χ3v) is 5.55. The van der Waals surface area contributed by atoms with E-state index in [0.29, 0.717) is 18.7 Å². The van der Waals surface area contributed by atoms with Gasteiger partial charge < -0.3 is 10.2 Å². The minimum Gasteiger partial charge on any atom is -0.342 e. The van der Waals surface area contributed by atoms with Crippen molar-refractivity contribution in [1.82, 2.24) is 10.2 Å². The average Bonchev–Trinajstić information content (AvgIpc) is 2.56. The molecule has 6 heteroatoms. The fourth-order valence-electron chi connectivity index (χ4n) is 1.84. The van der Waals surface area contributed by atoms with Crippen molar-refractivity contribution in [1.29, 1.82) is 0 Å². The summed E-state index contributed by atoms with van der Waals surface area (Å²) in [5, 5.41) is 2.64. The molecule has 0 bridgehead atoms. The molecule has 0 aliphatic carbocycles. The van der Waals surface area contributed by atoms with Gasteiger partial charge in [0, 0.05) is 19.6 Å². The van der Waals surface area contributed by atoms with E-state index in [-0.39, 0.29) is 23.7 Å². The molecule has 1 rings (SSSR count). The largest absolute Gasteiger partial charge is 0.342 e. The lowest BCUT2D eigenvalue weighted by Crippen LogP contribution is -2.41. The second-order valence-electron chi connectivity index (χ2n) is 4.86. The van der Waals surface area contributed by atoms with Gasteiger partial charge in [-0.05, 0) is 26.7 Å². The molecule has 0 saturated carbocycles. The van der Waals surface area contributed by atoms with E-state index in [1.165, 1.54) is 0 Å². The summed E-state index contributed by atoms with van der Waals surface area (Å²) in [5.41, 5.74) is 0. The van der Waals surface area contributed by atoms with E-state index < -0.39 is 9.84 Å². The summed E-state index contributed by atoms with van der Waals surface area (Å²) in [6.07, 6.45) is 1.46. The van der Waals surface area contributed by atoms with Gasteiger partial charge in [0.15, 0.2) is 9.84 Å². The molecule has 100 valence electrons. The fraction of sp³-hybridized carbons (Fsp3) is 0.909. The Balaban J connectivity index is 2.31. The number of amides is 1. The summed E-state index contributed by atoms with van der Waals surface area (Å²) in [5.74, 6) is 0.287. The van der Waals surface area contributed by atoms with Crippen molar-refractivity contribution >= 4 is 15.7 Å². The lowest BCUT2D eigenvalue weighted by molar-refractivity contribution is -0.130. The van der Waals surface area contributed by atoms with Crippen LogP contribution in [0.5, 0.6) is 0 Å². The van der Waals surface area contributed by atoms with E-state index in [2.05, 4.69) is 5.32 Å². The van der Waals surface area contributed by atoms with Gasteiger partial charge in [0.25, 0.3) is 0 Å². The summed E-state index contributed by atoms with van der Waals surface area (Å²) < 4.78 is 23.1. The van der Waals surface area contributed by atoms with E-state index in [1.54, 1.807) is 11.9 Å². The molecule has 1 saturated heterocycles. The molecular weight excluding hydrogens is 240 g/mol. The van der Waals surface area contributed by atoms with Gasteiger partial charge in [-0.2, -0.15) is 0 Å². The molecule has 1 aliphatic rings. The normalized spacial score (nSPS) is 22.9. The van der Waals surface area contributed by atoms with Crippen LogP contribution >= 0.6 is 0 Å². The van der Waals surface area contributed by atoms with Crippen molar-refractivity contribution in [2.24, 2.45) is 0 Å². The highest BCUT2D eigenvalue weighted by Gasteiger charge is 2.30. The van der Waals surface area contributed by atoms with Crippen LogP contribution in [-0.4, -0.2) is 56.4 Å². The van der Waals surface area contributed by atoms with Crippen LogP contribution in [-0.2, 0) is 14.6 Å². The molecular formula is C11H22N2O3S. The molecule has 17 heavy (non-hydrogen) atoms. The average molecular weight is 262 g/mol. The van der Waals surface area contributed by atoms with Crippen molar-refractivity contribution in [3.05, 3.63) is 0 Å². The number of nitrogens with zero attached hydrogens (tertiary/aromatic N) is 1. The first-order chi connectivity index (χ1) is 7.84. The lowest BCUT2D eigenvalue weighted by Gasteiger charge is -2.22. The molecule has 1 amide bonds. The van der Waals surface area contributed by atoms with Crippen LogP contribution in [0.3, 0.4) is 0 Å². The first-order valence-corrected chi connectivity index (χ1v) is 7.74. The molecule has 0 aromatic rings. The first-order valence-electron chi connectivity index (χ1n) is 6.02. The molecule has 1 N–H and O–H groups in total. The van der Waals surface area contributed by atoms with Crippen LogP contribution in [0.2, 0.25) is 0 Å². The summed E-state index contributed by atoms with van der Waals surface area (Å²) in [6, 6.07) is 0.166. The molecule has 1 fully saturated rings. The van der Waals surface area contributed by atoms with Gasteiger partial charge in [0.1, 0.15) is 0 Å². The van der Waals surface area contributed by atoms with Crippen molar-refractivity contribution in [3.8, 4) is 0 Å². The molecule has 1 unspecified atom stereocenters. The Bertz CT molecular complexity index is 365. The Hall–Kier alpha value is -0.620. The number of hydrogen-bond donors (Lipinski definition) is 1. The van der Waals surface area contributed by atoms with E-state index in [1.807, 2.05) is 13.8 Å². The molecule has 1 atom stereocenters. The van der Waals surface area contributed by atoms with Gasteiger partial charge >= 0.3 is 0 Å². The van der Waals surface area contributed by atoms with Crippen LogP contribution in [0.1, 0.15) is 26.7 Å². The van der Waals surface area contributed by atoms with Gasteiger partial charge in [-0.25, -0.2) is 8.42 Å². The highest BCUT2D eigenvalue weighted by atomic mass is 32.2. The monoisotopic (exact) mass is 262 g/mol. The van der Waals surface area contributed by atoms with Crippen LogP contribution in [0.15, 0.2) is 0 Å². The van der Waals surface area contributed by atoms with Gasteiger partial charge in [0.2, 0.25) is 5.91 Å².